The average molecular weight is 373 g/mol. The minimum absolute atomic E-state index is 0.530. The monoisotopic (exact) mass is 372 g/mol. The standard InChI is InChI=1S/C24H40N2O/c1-21(2)18-24(19-25-15-9-14-22-10-5-3-6-11-22)26-16-17-27-20-23-12-7-4-8-13-23/h3-5,7,10,12,21,24-26H,6,8-9,11,13-20H2,1-2H3. The van der Waals surface area contributed by atoms with Gasteiger partial charge in [0.25, 0.3) is 0 Å². The molecule has 3 nitrogen and oxygen atoms in total. The lowest BCUT2D eigenvalue weighted by molar-refractivity contribution is 0.151. The Hall–Kier alpha value is -1.16. The minimum Gasteiger partial charge on any atom is -0.376 e. The highest BCUT2D eigenvalue weighted by atomic mass is 16.5. The van der Waals surface area contributed by atoms with Gasteiger partial charge in [0.1, 0.15) is 0 Å². The lowest BCUT2D eigenvalue weighted by Crippen LogP contribution is -2.41. The van der Waals surface area contributed by atoms with E-state index in [1.165, 1.54) is 37.7 Å². The van der Waals surface area contributed by atoms with E-state index in [1.807, 2.05) is 0 Å². The Morgan fingerprint density at radius 1 is 1.00 bits per heavy atom. The molecular formula is C24H40N2O. The second kappa shape index (κ2) is 13.9. The first-order valence-corrected chi connectivity index (χ1v) is 10.9. The maximum atomic E-state index is 5.84. The van der Waals surface area contributed by atoms with Gasteiger partial charge >= 0.3 is 0 Å². The molecule has 2 rings (SSSR count). The van der Waals surface area contributed by atoms with Crippen molar-refractivity contribution in [3.05, 3.63) is 47.6 Å². The third-order valence-electron chi connectivity index (χ3n) is 5.17. The van der Waals surface area contributed by atoms with Crippen molar-refractivity contribution in [3.8, 4) is 0 Å². The molecule has 1 atom stereocenters. The molecule has 0 aromatic rings. The van der Waals surface area contributed by atoms with Crippen molar-refractivity contribution in [3.63, 3.8) is 0 Å². The van der Waals surface area contributed by atoms with E-state index in [2.05, 4.69) is 60.9 Å². The van der Waals surface area contributed by atoms with E-state index in [1.54, 1.807) is 5.57 Å². The number of allylic oxidation sites excluding steroid dienone is 7. The van der Waals surface area contributed by atoms with Crippen LogP contribution in [0.4, 0.5) is 0 Å². The van der Waals surface area contributed by atoms with Crippen molar-refractivity contribution < 1.29 is 4.74 Å². The highest BCUT2D eigenvalue weighted by Gasteiger charge is 2.10. The lowest BCUT2D eigenvalue weighted by atomic mass is 10.0. The molecule has 0 bridgehead atoms. The number of ether oxygens (including phenoxy) is 1. The van der Waals surface area contributed by atoms with Crippen molar-refractivity contribution in [2.45, 2.75) is 64.8 Å². The molecule has 2 aliphatic rings. The van der Waals surface area contributed by atoms with Crippen LogP contribution < -0.4 is 10.6 Å². The zero-order chi connectivity index (χ0) is 19.2. The maximum Gasteiger partial charge on any atom is 0.0680 e. The van der Waals surface area contributed by atoms with Gasteiger partial charge in [0.05, 0.1) is 13.2 Å². The van der Waals surface area contributed by atoms with E-state index < -0.39 is 0 Å². The minimum atomic E-state index is 0.530. The van der Waals surface area contributed by atoms with Crippen LogP contribution in [0.3, 0.4) is 0 Å². The van der Waals surface area contributed by atoms with Crippen LogP contribution in [0.1, 0.15) is 58.8 Å². The van der Waals surface area contributed by atoms with Crippen LogP contribution in [-0.4, -0.2) is 38.9 Å². The molecule has 0 aliphatic heterocycles. The Kier molecular flexibility index (Phi) is 11.4. The van der Waals surface area contributed by atoms with Gasteiger partial charge in [-0.05, 0) is 63.0 Å². The average Bonchev–Trinajstić information content (AvgIpc) is 2.68. The van der Waals surface area contributed by atoms with Gasteiger partial charge in [-0.1, -0.05) is 55.9 Å². The van der Waals surface area contributed by atoms with Crippen LogP contribution in [-0.2, 0) is 4.74 Å². The quantitative estimate of drug-likeness (QED) is 0.424. The third-order valence-corrected chi connectivity index (χ3v) is 5.17. The summed E-state index contributed by atoms with van der Waals surface area (Å²) in [5, 5.41) is 7.35. The van der Waals surface area contributed by atoms with E-state index in [-0.39, 0.29) is 0 Å². The fraction of sp³-hybridized carbons (Fsp3) is 0.667. The van der Waals surface area contributed by atoms with Crippen molar-refractivity contribution in [2.75, 3.05) is 32.8 Å². The molecule has 0 amide bonds. The van der Waals surface area contributed by atoms with Crippen molar-refractivity contribution >= 4 is 0 Å². The first kappa shape index (κ1) is 22.1. The van der Waals surface area contributed by atoms with Crippen LogP contribution in [0.2, 0.25) is 0 Å². The lowest BCUT2D eigenvalue weighted by Gasteiger charge is -2.21. The Morgan fingerprint density at radius 2 is 1.74 bits per heavy atom. The number of hydrogen-bond acceptors (Lipinski definition) is 3. The highest BCUT2D eigenvalue weighted by Crippen LogP contribution is 2.16. The SMILES string of the molecule is CC(C)CC(CNCCCC1=CC=CCC1)NCCOCC1=CC=CCC1. The molecule has 3 heteroatoms. The first-order valence-electron chi connectivity index (χ1n) is 10.9. The van der Waals surface area contributed by atoms with E-state index in [9.17, 15) is 0 Å². The second-order valence-corrected chi connectivity index (χ2v) is 8.22. The maximum absolute atomic E-state index is 5.84. The summed E-state index contributed by atoms with van der Waals surface area (Å²) in [4.78, 5) is 0. The molecule has 0 radical (unpaired) electrons. The molecule has 0 aromatic carbocycles. The van der Waals surface area contributed by atoms with E-state index in [4.69, 9.17) is 4.74 Å². The van der Waals surface area contributed by atoms with Gasteiger partial charge < -0.3 is 15.4 Å². The normalized spacial score (nSPS) is 17.9. The Labute approximate surface area is 167 Å². The summed E-state index contributed by atoms with van der Waals surface area (Å²) in [6, 6.07) is 0.530. The highest BCUT2D eigenvalue weighted by molar-refractivity contribution is 5.18. The second-order valence-electron chi connectivity index (χ2n) is 8.22. The van der Waals surface area contributed by atoms with Crippen molar-refractivity contribution in [1.82, 2.24) is 10.6 Å². The topological polar surface area (TPSA) is 33.3 Å². The zero-order valence-corrected chi connectivity index (χ0v) is 17.5. The smallest absolute Gasteiger partial charge is 0.0680 e. The van der Waals surface area contributed by atoms with E-state index in [0.717, 1.165) is 45.7 Å². The summed E-state index contributed by atoms with van der Waals surface area (Å²) >= 11 is 0. The van der Waals surface area contributed by atoms with Gasteiger partial charge in [0.15, 0.2) is 0 Å². The first-order chi connectivity index (χ1) is 13.2. The zero-order valence-electron chi connectivity index (χ0n) is 17.5. The molecular weight excluding hydrogens is 332 g/mol. The van der Waals surface area contributed by atoms with Gasteiger partial charge in [-0.15, -0.1) is 0 Å². The molecule has 0 saturated heterocycles. The Morgan fingerprint density at radius 3 is 2.41 bits per heavy atom. The molecule has 1 unspecified atom stereocenters. The van der Waals surface area contributed by atoms with Crippen LogP contribution in [0.15, 0.2) is 47.6 Å². The molecule has 0 fully saturated rings. The van der Waals surface area contributed by atoms with Gasteiger partial charge in [0, 0.05) is 19.1 Å². The number of hydrogen-bond donors (Lipinski definition) is 2. The molecule has 2 N–H and O–H groups in total. The number of rotatable bonds is 14. The van der Waals surface area contributed by atoms with Gasteiger partial charge in [-0.2, -0.15) is 0 Å². The van der Waals surface area contributed by atoms with Crippen LogP contribution in [0, 0.1) is 5.92 Å². The molecule has 152 valence electrons. The van der Waals surface area contributed by atoms with Crippen molar-refractivity contribution in [1.29, 1.82) is 0 Å². The summed E-state index contributed by atoms with van der Waals surface area (Å²) < 4.78 is 5.84. The fourth-order valence-corrected chi connectivity index (χ4v) is 3.70. The molecule has 2 aliphatic carbocycles. The summed E-state index contributed by atoms with van der Waals surface area (Å²) in [6.07, 6.45) is 21.8. The third kappa shape index (κ3) is 10.7. The summed E-state index contributed by atoms with van der Waals surface area (Å²) in [5.74, 6) is 0.712. The van der Waals surface area contributed by atoms with Gasteiger partial charge in [-0.3, -0.25) is 0 Å². The summed E-state index contributed by atoms with van der Waals surface area (Å²) in [5.41, 5.74) is 3.03. The molecule has 0 aromatic heterocycles. The van der Waals surface area contributed by atoms with Crippen LogP contribution >= 0.6 is 0 Å². The van der Waals surface area contributed by atoms with E-state index in [0.29, 0.717) is 12.0 Å². The van der Waals surface area contributed by atoms with Crippen molar-refractivity contribution in [2.24, 2.45) is 5.92 Å². The summed E-state index contributed by atoms with van der Waals surface area (Å²) in [6.45, 7) is 9.26. The predicted octanol–water partition coefficient (Wildman–Crippen LogP) is 4.93. The molecule has 0 spiro atoms. The largest absolute Gasteiger partial charge is 0.376 e. The summed E-state index contributed by atoms with van der Waals surface area (Å²) in [7, 11) is 0. The van der Waals surface area contributed by atoms with E-state index >= 15 is 0 Å². The van der Waals surface area contributed by atoms with Crippen LogP contribution in [0.25, 0.3) is 0 Å². The predicted molar refractivity (Wildman–Crippen MR) is 117 cm³/mol. The fourth-order valence-electron chi connectivity index (χ4n) is 3.70. The van der Waals surface area contributed by atoms with Gasteiger partial charge in [0.2, 0.25) is 0 Å². The number of nitrogens with one attached hydrogen (secondary N) is 2. The Balaban J connectivity index is 1.53. The van der Waals surface area contributed by atoms with Crippen LogP contribution in [0.5, 0.6) is 0 Å². The molecule has 0 saturated carbocycles. The van der Waals surface area contributed by atoms with Gasteiger partial charge in [-0.25, -0.2) is 0 Å². The Bertz CT molecular complexity index is 474. The molecule has 0 heterocycles. The molecule has 27 heavy (non-hydrogen) atoms.